The Morgan fingerprint density at radius 3 is 2.68 bits per heavy atom. The maximum absolute atomic E-state index is 12.5. The SMILES string of the molecule is C[C@H](Nc1nccc(N(C)C(=O)N(C)C)n1)c1cc2cc(Cl)ccc2[nH]c1=O. The number of urea groups is 1. The maximum atomic E-state index is 12.5. The summed E-state index contributed by atoms with van der Waals surface area (Å²) in [6.45, 7) is 1.84. The van der Waals surface area contributed by atoms with Crippen LogP contribution < -0.4 is 15.8 Å². The van der Waals surface area contributed by atoms with E-state index in [2.05, 4.69) is 20.3 Å². The van der Waals surface area contributed by atoms with Crippen molar-refractivity contribution in [2.24, 2.45) is 0 Å². The first-order valence-corrected chi connectivity index (χ1v) is 9.01. The van der Waals surface area contributed by atoms with Crippen molar-refractivity contribution in [1.82, 2.24) is 19.9 Å². The maximum Gasteiger partial charge on any atom is 0.324 e. The van der Waals surface area contributed by atoms with E-state index in [4.69, 9.17) is 11.6 Å². The minimum Gasteiger partial charge on any atom is -0.347 e. The topological polar surface area (TPSA) is 94.2 Å². The Labute approximate surface area is 167 Å². The number of fused-ring (bicyclic) bond motifs is 1. The summed E-state index contributed by atoms with van der Waals surface area (Å²) in [5.41, 5.74) is 1.04. The first-order chi connectivity index (χ1) is 13.3. The van der Waals surface area contributed by atoms with Gasteiger partial charge < -0.3 is 15.2 Å². The van der Waals surface area contributed by atoms with E-state index in [1.165, 1.54) is 9.80 Å². The summed E-state index contributed by atoms with van der Waals surface area (Å²) < 4.78 is 0. The van der Waals surface area contributed by atoms with E-state index in [0.29, 0.717) is 27.9 Å². The Kier molecular flexibility index (Phi) is 5.51. The molecule has 0 fully saturated rings. The van der Waals surface area contributed by atoms with Crippen LogP contribution in [0.2, 0.25) is 5.02 Å². The molecule has 0 aliphatic rings. The third-order valence-electron chi connectivity index (χ3n) is 4.30. The van der Waals surface area contributed by atoms with Gasteiger partial charge in [-0.3, -0.25) is 9.69 Å². The van der Waals surface area contributed by atoms with Crippen LogP contribution in [-0.4, -0.2) is 47.0 Å². The molecule has 0 unspecified atom stereocenters. The highest BCUT2D eigenvalue weighted by Gasteiger charge is 2.16. The largest absolute Gasteiger partial charge is 0.347 e. The van der Waals surface area contributed by atoms with Gasteiger partial charge in [-0.1, -0.05) is 11.6 Å². The molecule has 0 aliphatic heterocycles. The Hall–Kier alpha value is -3.13. The highest BCUT2D eigenvalue weighted by molar-refractivity contribution is 6.31. The van der Waals surface area contributed by atoms with Gasteiger partial charge in [-0.15, -0.1) is 0 Å². The first-order valence-electron chi connectivity index (χ1n) is 8.63. The third-order valence-corrected chi connectivity index (χ3v) is 4.54. The van der Waals surface area contributed by atoms with Gasteiger partial charge >= 0.3 is 6.03 Å². The van der Waals surface area contributed by atoms with E-state index in [0.717, 1.165) is 5.39 Å². The first kappa shape index (κ1) is 19.6. The Morgan fingerprint density at radius 2 is 1.96 bits per heavy atom. The van der Waals surface area contributed by atoms with Crippen molar-refractivity contribution in [3.05, 3.63) is 57.5 Å². The standard InChI is InChI=1S/C19H21ClN6O2/c1-11(14-10-12-9-13(20)5-6-15(12)23-17(14)27)22-18-21-8-7-16(24-18)26(4)19(28)25(2)3/h5-11H,1-4H3,(H,23,27)(H,21,22,24)/t11-/m0/s1. The van der Waals surface area contributed by atoms with Crippen molar-refractivity contribution >= 4 is 40.3 Å². The number of rotatable bonds is 4. The fraction of sp³-hybridized carbons (Fsp3) is 0.263. The molecule has 28 heavy (non-hydrogen) atoms. The number of H-pyrrole nitrogens is 1. The van der Waals surface area contributed by atoms with Gasteiger partial charge in [0, 0.05) is 48.8 Å². The van der Waals surface area contributed by atoms with Crippen molar-refractivity contribution in [3.8, 4) is 0 Å². The lowest BCUT2D eigenvalue weighted by Crippen LogP contribution is -2.36. The third kappa shape index (κ3) is 4.07. The summed E-state index contributed by atoms with van der Waals surface area (Å²) in [5, 5.41) is 4.54. The predicted molar refractivity (Wildman–Crippen MR) is 111 cm³/mol. The summed E-state index contributed by atoms with van der Waals surface area (Å²) in [6.07, 6.45) is 1.56. The second-order valence-electron chi connectivity index (χ2n) is 6.63. The summed E-state index contributed by atoms with van der Waals surface area (Å²) in [5.74, 6) is 0.761. The van der Waals surface area contributed by atoms with Crippen molar-refractivity contribution < 1.29 is 4.79 Å². The van der Waals surface area contributed by atoms with Crippen LogP contribution in [0.4, 0.5) is 16.6 Å². The molecule has 2 N–H and O–H groups in total. The van der Waals surface area contributed by atoms with E-state index in [9.17, 15) is 9.59 Å². The lowest BCUT2D eigenvalue weighted by atomic mass is 10.1. The molecular weight excluding hydrogens is 380 g/mol. The number of nitrogens with zero attached hydrogens (tertiary/aromatic N) is 4. The van der Waals surface area contributed by atoms with Gasteiger partial charge in [-0.2, -0.15) is 4.98 Å². The molecule has 9 heteroatoms. The fourth-order valence-corrected chi connectivity index (χ4v) is 2.97. The summed E-state index contributed by atoms with van der Waals surface area (Å²) in [6, 6.07) is 8.16. The molecule has 0 aliphatic carbocycles. The molecule has 0 bridgehead atoms. The second-order valence-corrected chi connectivity index (χ2v) is 7.06. The Balaban J connectivity index is 1.87. The summed E-state index contributed by atoms with van der Waals surface area (Å²) in [4.78, 5) is 38.9. The van der Waals surface area contributed by atoms with Gasteiger partial charge in [0.25, 0.3) is 5.56 Å². The van der Waals surface area contributed by atoms with Gasteiger partial charge in [0.1, 0.15) is 5.82 Å². The molecule has 1 aromatic carbocycles. The molecule has 3 aromatic rings. The Morgan fingerprint density at radius 1 is 1.21 bits per heavy atom. The number of pyridine rings is 1. The van der Waals surface area contributed by atoms with Gasteiger partial charge in [0.2, 0.25) is 5.95 Å². The minimum absolute atomic E-state index is 0.203. The number of hydrogen-bond acceptors (Lipinski definition) is 5. The van der Waals surface area contributed by atoms with Crippen molar-refractivity contribution in [1.29, 1.82) is 0 Å². The molecule has 8 nitrogen and oxygen atoms in total. The normalized spacial score (nSPS) is 11.9. The molecule has 3 rings (SSSR count). The zero-order valence-electron chi connectivity index (χ0n) is 16.0. The molecular formula is C19H21ClN6O2. The quantitative estimate of drug-likeness (QED) is 0.701. The average molecular weight is 401 g/mol. The van der Waals surface area contributed by atoms with Crippen LogP contribution in [0.1, 0.15) is 18.5 Å². The number of amides is 2. The van der Waals surface area contributed by atoms with Crippen LogP contribution in [0.5, 0.6) is 0 Å². The molecule has 146 valence electrons. The van der Waals surface area contributed by atoms with Crippen molar-refractivity contribution in [2.45, 2.75) is 13.0 Å². The van der Waals surface area contributed by atoms with Gasteiger partial charge in [0.05, 0.1) is 6.04 Å². The number of carbonyl (C=O) groups excluding carboxylic acids is 1. The second kappa shape index (κ2) is 7.85. The van der Waals surface area contributed by atoms with E-state index in [-0.39, 0.29) is 17.6 Å². The average Bonchev–Trinajstić information content (AvgIpc) is 2.66. The Bertz CT molecular complexity index is 1080. The van der Waals surface area contributed by atoms with Crippen molar-refractivity contribution in [3.63, 3.8) is 0 Å². The predicted octanol–water partition coefficient (Wildman–Crippen LogP) is 3.26. The molecule has 0 saturated heterocycles. The van der Waals surface area contributed by atoms with E-state index < -0.39 is 0 Å². The van der Waals surface area contributed by atoms with Gasteiger partial charge in [0.15, 0.2) is 0 Å². The van der Waals surface area contributed by atoms with Crippen LogP contribution >= 0.6 is 11.6 Å². The van der Waals surface area contributed by atoms with Gasteiger partial charge in [-0.25, -0.2) is 9.78 Å². The zero-order chi connectivity index (χ0) is 20.4. The van der Waals surface area contributed by atoms with Crippen LogP contribution in [0.3, 0.4) is 0 Å². The lowest BCUT2D eigenvalue weighted by molar-refractivity contribution is 0.225. The van der Waals surface area contributed by atoms with E-state index in [1.807, 2.05) is 6.92 Å². The molecule has 2 amide bonds. The molecule has 2 aromatic heterocycles. The summed E-state index contributed by atoms with van der Waals surface area (Å²) >= 11 is 6.05. The van der Waals surface area contributed by atoms with Crippen LogP contribution in [0, 0.1) is 0 Å². The molecule has 1 atom stereocenters. The number of carbonyl (C=O) groups is 1. The van der Waals surface area contributed by atoms with E-state index in [1.54, 1.807) is 57.7 Å². The number of halogens is 1. The fourth-order valence-electron chi connectivity index (χ4n) is 2.79. The monoisotopic (exact) mass is 400 g/mol. The van der Waals surface area contributed by atoms with Crippen LogP contribution in [0.25, 0.3) is 10.9 Å². The van der Waals surface area contributed by atoms with Crippen LogP contribution in [-0.2, 0) is 0 Å². The number of aromatic nitrogens is 3. The number of benzene rings is 1. The number of aromatic amines is 1. The number of nitrogens with one attached hydrogen (secondary N) is 2. The van der Waals surface area contributed by atoms with Crippen molar-refractivity contribution in [2.75, 3.05) is 31.4 Å². The minimum atomic E-state index is -0.364. The smallest absolute Gasteiger partial charge is 0.324 e. The lowest BCUT2D eigenvalue weighted by Gasteiger charge is -2.21. The molecule has 2 heterocycles. The zero-order valence-corrected chi connectivity index (χ0v) is 16.8. The van der Waals surface area contributed by atoms with E-state index >= 15 is 0 Å². The molecule has 0 saturated carbocycles. The molecule has 0 spiro atoms. The van der Waals surface area contributed by atoms with Crippen LogP contribution in [0.15, 0.2) is 41.3 Å². The van der Waals surface area contributed by atoms with Gasteiger partial charge in [-0.05, 0) is 37.3 Å². The number of anilines is 2. The molecule has 0 radical (unpaired) electrons. The highest BCUT2D eigenvalue weighted by atomic mass is 35.5. The highest BCUT2D eigenvalue weighted by Crippen LogP contribution is 2.21. The number of hydrogen-bond donors (Lipinski definition) is 2. The summed E-state index contributed by atoms with van der Waals surface area (Å²) in [7, 11) is 4.97.